The number of nitrogens with zero attached hydrogens (tertiary/aromatic N) is 2. The number of fused-ring (bicyclic) bond motifs is 1. The molecule has 4 nitrogen and oxygen atoms in total. The van der Waals surface area contributed by atoms with Crippen LogP contribution in [0.5, 0.6) is 0 Å². The van der Waals surface area contributed by atoms with Crippen molar-refractivity contribution in [3.8, 4) is 11.1 Å². The number of benzene rings is 2. The molecule has 1 amide bonds. The molecular formula is C26H34N2O2. The summed E-state index contributed by atoms with van der Waals surface area (Å²) in [6.07, 6.45) is 3.74. The van der Waals surface area contributed by atoms with Gasteiger partial charge in [-0.1, -0.05) is 37.6 Å². The van der Waals surface area contributed by atoms with Gasteiger partial charge in [-0.15, -0.1) is 0 Å². The number of hydrogen-bond donors (Lipinski definition) is 0. The Balaban J connectivity index is 1.76. The Morgan fingerprint density at radius 2 is 1.87 bits per heavy atom. The molecule has 0 aliphatic carbocycles. The van der Waals surface area contributed by atoms with Crippen molar-refractivity contribution >= 4 is 17.3 Å². The molecule has 2 atom stereocenters. The highest BCUT2D eigenvalue weighted by atomic mass is 16.5. The van der Waals surface area contributed by atoms with Crippen LogP contribution in [0.2, 0.25) is 0 Å². The van der Waals surface area contributed by atoms with Crippen molar-refractivity contribution in [2.45, 2.75) is 65.5 Å². The smallest absolute Gasteiger partial charge is 0.256 e. The highest BCUT2D eigenvalue weighted by molar-refractivity contribution is 6.01. The molecule has 2 aliphatic heterocycles. The first-order valence-corrected chi connectivity index (χ1v) is 11.5. The van der Waals surface area contributed by atoms with Gasteiger partial charge in [-0.25, -0.2) is 0 Å². The second-order valence-electron chi connectivity index (χ2n) is 8.68. The molecule has 0 saturated carbocycles. The Bertz CT molecular complexity index is 917. The predicted octanol–water partition coefficient (Wildman–Crippen LogP) is 5.35. The van der Waals surface area contributed by atoms with Gasteiger partial charge in [0.2, 0.25) is 0 Å². The third-order valence-electron chi connectivity index (χ3n) is 6.57. The van der Waals surface area contributed by atoms with E-state index >= 15 is 0 Å². The summed E-state index contributed by atoms with van der Waals surface area (Å²) in [4.78, 5) is 17.7. The van der Waals surface area contributed by atoms with Gasteiger partial charge in [0, 0.05) is 25.7 Å². The summed E-state index contributed by atoms with van der Waals surface area (Å²) >= 11 is 0. The Hall–Kier alpha value is -2.33. The van der Waals surface area contributed by atoms with Crippen molar-refractivity contribution in [2.24, 2.45) is 0 Å². The number of carbonyl (C=O) groups excluding carboxylic acids is 1. The van der Waals surface area contributed by atoms with Crippen LogP contribution in [0.3, 0.4) is 0 Å². The van der Waals surface area contributed by atoms with Crippen LogP contribution in [0.25, 0.3) is 11.1 Å². The van der Waals surface area contributed by atoms with E-state index in [0.717, 1.165) is 43.6 Å². The molecule has 0 spiro atoms. The first-order valence-electron chi connectivity index (χ1n) is 11.5. The zero-order chi connectivity index (χ0) is 21.3. The molecule has 1 saturated heterocycles. The maximum Gasteiger partial charge on any atom is 0.256 e. The van der Waals surface area contributed by atoms with Crippen molar-refractivity contribution in [3.05, 3.63) is 47.5 Å². The fourth-order valence-electron chi connectivity index (χ4n) is 4.89. The molecule has 2 aromatic rings. The van der Waals surface area contributed by atoms with E-state index in [-0.39, 0.29) is 18.1 Å². The first-order chi connectivity index (χ1) is 14.5. The topological polar surface area (TPSA) is 32.8 Å². The second-order valence-corrected chi connectivity index (χ2v) is 8.68. The van der Waals surface area contributed by atoms with Crippen molar-refractivity contribution in [1.29, 1.82) is 0 Å². The van der Waals surface area contributed by atoms with Crippen molar-refractivity contribution < 1.29 is 9.53 Å². The third kappa shape index (κ3) is 3.85. The van der Waals surface area contributed by atoms with Gasteiger partial charge in [-0.3, -0.25) is 4.79 Å². The number of amides is 1. The van der Waals surface area contributed by atoms with Crippen LogP contribution in [0.4, 0.5) is 11.4 Å². The zero-order valence-corrected chi connectivity index (χ0v) is 18.8. The van der Waals surface area contributed by atoms with Gasteiger partial charge in [-0.2, -0.15) is 0 Å². The minimum Gasteiger partial charge on any atom is -0.368 e. The predicted molar refractivity (Wildman–Crippen MR) is 124 cm³/mol. The molecule has 2 aromatic carbocycles. The fraction of sp³-hybridized carbons (Fsp3) is 0.500. The standard InChI is InChI=1S/C26H34N2O2/c1-5-8-20-15-21(11-10-18(20)3)22-12-13-23-24(16-22)28(17-19(4)27(23)6-2)26(29)25-9-7-14-30-25/h10-13,15-16,19,25H,5-9,14,17H2,1-4H3. The molecule has 160 valence electrons. The van der Waals surface area contributed by atoms with Crippen LogP contribution in [0, 0.1) is 6.92 Å². The maximum atomic E-state index is 13.3. The SMILES string of the molecule is CCCc1cc(-c2ccc3c(c2)N(C(=O)C2CCCO2)CC(C)N3CC)ccc1C. The Morgan fingerprint density at radius 1 is 1.10 bits per heavy atom. The molecule has 4 rings (SSSR count). The molecule has 2 heterocycles. The Morgan fingerprint density at radius 3 is 2.57 bits per heavy atom. The quantitative estimate of drug-likeness (QED) is 0.670. The van der Waals surface area contributed by atoms with Gasteiger partial charge < -0.3 is 14.5 Å². The van der Waals surface area contributed by atoms with Crippen LogP contribution >= 0.6 is 0 Å². The van der Waals surface area contributed by atoms with Crippen LogP contribution in [-0.2, 0) is 16.0 Å². The molecule has 30 heavy (non-hydrogen) atoms. The highest BCUT2D eigenvalue weighted by Crippen LogP contribution is 2.39. The summed E-state index contributed by atoms with van der Waals surface area (Å²) in [5.74, 6) is 0.115. The van der Waals surface area contributed by atoms with Crippen molar-refractivity contribution in [1.82, 2.24) is 0 Å². The number of anilines is 2. The largest absolute Gasteiger partial charge is 0.368 e. The van der Waals surface area contributed by atoms with Gasteiger partial charge in [0.05, 0.1) is 11.4 Å². The van der Waals surface area contributed by atoms with Crippen LogP contribution in [0.15, 0.2) is 36.4 Å². The van der Waals surface area contributed by atoms with E-state index < -0.39 is 0 Å². The van der Waals surface area contributed by atoms with Gasteiger partial charge in [0.15, 0.2) is 0 Å². The molecule has 2 aliphatic rings. The van der Waals surface area contributed by atoms with Crippen LogP contribution in [-0.4, -0.2) is 37.7 Å². The van der Waals surface area contributed by atoms with Gasteiger partial charge in [0.25, 0.3) is 5.91 Å². The molecule has 2 unspecified atom stereocenters. The van der Waals surface area contributed by atoms with E-state index in [1.54, 1.807) is 0 Å². The van der Waals surface area contributed by atoms with E-state index in [2.05, 4.69) is 69.0 Å². The third-order valence-corrected chi connectivity index (χ3v) is 6.57. The highest BCUT2D eigenvalue weighted by Gasteiger charge is 2.35. The number of rotatable bonds is 5. The summed E-state index contributed by atoms with van der Waals surface area (Å²) in [6, 6.07) is 13.6. The fourth-order valence-corrected chi connectivity index (χ4v) is 4.89. The number of carbonyl (C=O) groups is 1. The van der Waals surface area contributed by atoms with E-state index in [1.807, 2.05) is 4.90 Å². The minimum absolute atomic E-state index is 0.115. The van der Waals surface area contributed by atoms with Crippen molar-refractivity contribution in [3.63, 3.8) is 0 Å². The summed E-state index contributed by atoms with van der Waals surface area (Å²) < 4.78 is 5.74. The lowest BCUT2D eigenvalue weighted by atomic mass is 9.95. The van der Waals surface area contributed by atoms with E-state index in [0.29, 0.717) is 13.2 Å². The molecular weight excluding hydrogens is 372 g/mol. The van der Waals surface area contributed by atoms with E-state index in [4.69, 9.17) is 4.74 Å². The first kappa shape index (κ1) is 20.9. The van der Waals surface area contributed by atoms with Gasteiger partial charge in [-0.05, 0) is 74.4 Å². The summed E-state index contributed by atoms with van der Waals surface area (Å²) in [6.45, 7) is 11.1. The van der Waals surface area contributed by atoms with Crippen molar-refractivity contribution in [2.75, 3.05) is 29.5 Å². The molecule has 0 N–H and O–H groups in total. The van der Waals surface area contributed by atoms with Gasteiger partial charge in [0.1, 0.15) is 6.10 Å². The number of likely N-dealkylation sites (N-methyl/N-ethyl adjacent to an activating group) is 1. The summed E-state index contributed by atoms with van der Waals surface area (Å²) in [5.41, 5.74) is 7.31. The van der Waals surface area contributed by atoms with Crippen LogP contribution < -0.4 is 9.80 Å². The van der Waals surface area contributed by atoms with Gasteiger partial charge >= 0.3 is 0 Å². The monoisotopic (exact) mass is 406 g/mol. The molecule has 4 heteroatoms. The number of aryl methyl sites for hydroxylation is 2. The second kappa shape index (κ2) is 8.81. The summed E-state index contributed by atoms with van der Waals surface area (Å²) in [7, 11) is 0. The van der Waals surface area contributed by atoms with E-state index in [1.165, 1.54) is 22.3 Å². The lowest BCUT2D eigenvalue weighted by Crippen LogP contribution is -2.52. The number of ether oxygens (including phenoxy) is 1. The van der Waals surface area contributed by atoms with Crippen LogP contribution in [0.1, 0.15) is 51.2 Å². The average Bonchev–Trinajstić information content (AvgIpc) is 3.29. The average molecular weight is 407 g/mol. The molecule has 0 radical (unpaired) electrons. The number of hydrogen-bond acceptors (Lipinski definition) is 3. The molecule has 1 fully saturated rings. The normalized spacial score (nSPS) is 21.1. The summed E-state index contributed by atoms with van der Waals surface area (Å²) in [5, 5.41) is 0. The lowest BCUT2D eigenvalue weighted by Gasteiger charge is -2.42. The molecule has 0 bridgehead atoms. The lowest BCUT2D eigenvalue weighted by molar-refractivity contribution is -0.127. The Kier molecular flexibility index (Phi) is 6.14. The maximum absolute atomic E-state index is 13.3. The minimum atomic E-state index is -0.294. The molecule has 0 aromatic heterocycles. The van der Waals surface area contributed by atoms with E-state index in [9.17, 15) is 4.79 Å². The Labute approximate surface area is 180 Å². The zero-order valence-electron chi connectivity index (χ0n) is 18.8.